The van der Waals surface area contributed by atoms with Crippen LogP contribution < -0.4 is 15.8 Å². The number of amides is 1. The number of likely N-dealkylation sites (N-methyl/N-ethyl adjacent to an activating group) is 1. The van der Waals surface area contributed by atoms with Gasteiger partial charge in [-0.05, 0) is 43.2 Å². The number of nitrogens with zero attached hydrogens (tertiary/aromatic N) is 2. The molecule has 1 saturated heterocycles. The van der Waals surface area contributed by atoms with Gasteiger partial charge in [-0.25, -0.2) is 0 Å². The summed E-state index contributed by atoms with van der Waals surface area (Å²) in [5, 5.41) is 2.90. The Morgan fingerprint density at radius 1 is 1.31 bits per heavy atom. The molecule has 6 heteroatoms. The van der Waals surface area contributed by atoms with E-state index in [0.29, 0.717) is 26.1 Å². The minimum atomic E-state index is -0.148. The molecule has 1 aromatic carbocycles. The lowest BCUT2D eigenvalue weighted by Gasteiger charge is -2.23. The van der Waals surface area contributed by atoms with Gasteiger partial charge in [-0.3, -0.25) is 14.7 Å². The van der Waals surface area contributed by atoms with E-state index in [1.54, 1.807) is 6.20 Å². The molecule has 0 saturated carbocycles. The third-order valence-electron chi connectivity index (χ3n) is 4.51. The SMILES string of the molecule is CCNC(=O)[C@@H]1C[C@H](N)CN1Cc1ccc(OCc2ccccn2)cc1. The normalized spacial score (nSPS) is 20.1. The van der Waals surface area contributed by atoms with Gasteiger partial charge in [0.15, 0.2) is 0 Å². The van der Waals surface area contributed by atoms with E-state index in [2.05, 4.69) is 15.2 Å². The van der Waals surface area contributed by atoms with Crippen molar-refractivity contribution in [3.63, 3.8) is 0 Å². The number of carbonyl (C=O) groups is 1. The lowest BCUT2D eigenvalue weighted by molar-refractivity contribution is -0.125. The lowest BCUT2D eigenvalue weighted by Crippen LogP contribution is -2.42. The number of hydrogen-bond acceptors (Lipinski definition) is 5. The van der Waals surface area contributed by atoms with Crippen molar-refractivity contribution in [2.75, 3.05) is 13.1 Å². The Morgan fingerprint density at radius 3 is 2.81 bits per heavy atom. The van der Waals surface area contributed by atoms with Gasteiger partial charge in [-0.1, -0.05) is 18.2 Å². The lowest BCUT2D eigenvalue weighted by atomic mass is 10.1. The van der Waals surface area contributed by atoms with Crippen molar-refractivity contribution in [2.45, 2.75) is 38.6 Å². The summed E-state index contributed by atoms with van der Waals surface area (Å²) >= 11 is 0. The number of carbonyl (C=O) groups excluding carboxylic acids is 1. The predicted molar refractivity (Wildman–Crippen MR) is 100 cm³/mol. The molecule has 2 aromatic rings. The molecule has 0 spiro atoms. The number of hydrogen-bond donors (Lipinski definition) is 2. The summed E-state index contributed by atoms with van der Waals surface area (Å²) in [6.45, 7) is 4.46. The first kappa shape index (κ1) is 18.4. The zero-order valence-electron chi connectivity index (χ0n) is 15.1. The van der Waals surface area contributed by atoms with E-state index in [1.165, 1.54) is 0 Å². The second-order valence-electron chi connectivity index (χ2n) is 6.59. The Morgan fingerprint density at radius 2 is 2.12 bits per heavy atom. The number of ether oxygens (including phenoxy) is 1. The fourth-order valence-electron chi connectivity index (χ4n) is 3.24. The molecule has 1 aliphatic rings. The van der Waals surface area contributed by atoms with E-state index >= 15 is 0 Å². The van der Waals surface area contributed by atoms with Crippen LogP contribution in [-0.4, -0.2) is 41.0 Å². The number of pyridine rings is 1. The molecular weight excluding hydrogens is 328 g/mol. The van der Waals surface area contributed by atoms with Crippen LogP contribution in [0.3, 0.4) is 0 Å². The van der Waals surface area contributed by atoms with Crippen molar-refractivity contribution in [1.82, 2.24) is 15.2 Å². The van der Waals surface area contributed by atoms with Crippen LogP contribution in [0.5, 0.6) is 5.75 Å². The van der Waals surface area contributed by atoms with E-state index in [1.807, 2.05) is 49.4 Å². The number of rotatable bonds is 7. The van der Waals surface area contributed by atoms with Crippen LogP contribution in [0.25, 0.3) is 0 Å². The predicted octanol–water partition coefficient (Wildman–Crippen LogP) is 1.70. The van der Waals surface area contributed by atoms with Gasteiger partial charge in [0.1, 0.15) is 12.4 Å². The Labute approximate surface area is 154 Å². The van der Waals surface area contributed by atoms with Crippen LogP contribution in [0.1, 0.15) is 24.6 Å². The molecule has 1 aromatic heterocycles. The third kappa shape index (κ3) is 4.80. The maximum absolute atomic E-state index is 12.2. The van der Waals surface area contributed by atoms with Gasteiger partial charge in [-0.15, -0.1) is 0 Å². The topological polar surface area (TPSA) is 80.5 Å². The highest BCUT2D eigenvalue weighted by molar-refractivity contribution is 5.82. The molecule has 0 radical (unpaired) electrons. The molecule has 1 fully saturated rings. The standard InChI is InChI=1S/C20H26N4O2/c1-2-22-20(25)19-11-16(21)13-24(19)12-15-6-8-18(9-7-15)26-14-17-5-3-4-10-23-17/h3-10,16,19H,2,11-14,21H2,1H3,(H,22,25)/t16-,19-/m0/s1. The van der Waals surface area contributed by atoms with Gasteiger partial charge in [0.05, 0.1) is 11.7 Å². The quantitative estimate of drug-likeness (QED) is 0.791. The van der Waals surface area contributed by atoms with Gasteiger partial charge < -0.3 is 15.8 Å². The summed E-state index contributed by atoms with van der Waals surface area (Å²) in [6, 6.07) is 13.6. The number of aromatic nitrogens is 1. The Balaban J connectivity index is 1.57. The highest BCUT2D eigenvalue weighted by Gasteiger charge is 2.34. The fourth-order valence-corrected chi connectivity index (χ4v) is 3.24. The summed E-state index contributed by atoms with van der Waals surface area (Å²) < 4.78 is 5.77. The van der Waals surface area contributed by atoms with Gasteiger partial charge >= 0.3 is 0 Å². The Bertz CT molecular complexity index is 706. The molecule has 3 rings (SSSR count). The average Bonchev–Trinajstić information content (AvgIpc) is 3.02. The second kappa shape index (κ2) is 8.78. The van der Waals surface area contributed by atoms with Crippen LogP contribution in [0, 0.1) is 0 Å². The smallest absolute Gasteiger partial charge is 0.237 e. The molecule has 138 valence electrons. The van der Waals surface area contributed by atoms with Crippen molar-refractivity contribution < 1.29 is 9.53 Å². The first-order valence-corrected chi connectivity index (χ1v) is 9.04. The van der Waals surface area contributed by atoms with Crippen LogP contribution >= 0.6 is 0 Å². The molecule has 1 aliphatic heterocycles. The zero-order chi connectivity index (χ0) is 18.4. The van der Waals surface area contributed by atoms with E-state index in [0.717, 1.165) is 23.6 Å². The third-order valence-corrected chi connectivity index (χ3v) is 4.51. The summed E-state index contributed by atoms with van der Waals surface area (Å²) in [7, 11) is 0. The molecule has 0 bridgehead atoms. The highest BCUT2D eigenvalue weighted by atomic mass is 16.5. The number of benzene rings is 1. The Hall–Kier alpha value is -2.44. The Kier molecular flexibility index (Phi) is 6.20. The summed E-state index contributed by atoms with van der Waals surface area (Å²) in [5.74, 6) is 0.869. The summed E-state index contributed by atoms with van der Waals surface area (Å²) in [6.07, 6.45) is 2.46. The first-order valence-electron chi connectivity index (χ1n) is 9.04. The molecule has 3 N–H and O–H groups in total. The number of nitrogens with one attached hydrogen (secondary N) is 1. The molecule has 2 atom stereocenters. The largest absolute Gasteiger partial charge is 0.487 e. The van der Waals surface area contributed by atoms with Crippen molar-refractivity contribution in [1.29, 1.82) is 0 Å². The fraction of sp³-hybridized carbons (Fsp3) is 0.400. The van der Waals surface area contributed by atoms with Crippen molar-refractivity contribution in [3.05, 3.63) is 59.9 Å². The molecule has 0 aliphatic carbocycles. The van der Waals surface area contributed by atoms with Gasteiger partial charge in [0.2, 0.25) is 5.91 Å². The molecule has 0 unspecified atom stereocenters. The van der Waals surface area contributed by atoms with Crippen molar-refractivity contribution in [3.8, 4) is 5.75 Å². The maximum Gasteiger partial charge on any atom is 0.237 e. The van der Waals surface area contributed by atoms with E-state index in [-0.39, 0.29) is 18.0 Å². The van der Waals surface area contributed by atoms with E-state index in [9.17, 15) is 4.79 Å². The van der Waals surface area contributed by atoms with Gasteiger partial charge in [-0.2, -0.15) is 0 Å². The summed E-state index contributed by atoms with van der Waals surface area (Å²) in [4.78, 5) is 18.6. The molecule has 6 nitrogen and oxygen atoms in total. The van der Waals surface area contributed by atoms with Crippen LogP contribution in [-0.2, 0) is 17.9 Å². The van der Waals surface area contributed by atoms with Crippen LogP contribution in [0.2, 0.25) is 0 Å². The van der Waals surface area contributed by atoms with Gasteiger partial charge in [0, 0.05) is 31.9 Å². The summed E-state index contributed by atoms with van der Waals surface area (Å²) in [5.41, 5.74) is 8.11. The maximum atomic E-state index is 12.2. The van der Waals surface area contributed by atoms with E-state index < -0.39 is 0 Å². The molecule has 26 heavy (non-hydrogen) atoms. The van der Waals surface area contributed by atoms with Crippen molar-refractivity contribution in [2.24, 2.45) is 5.73 Å². The highest BCUT2D eigenvalue weighted by Crippen LogP contribution is 2.21. The monoisotopic (exact) mass is 354 g/mol. The van der Waals surface area contributed by atoms with Gasteiger partial charge in [0.25, 0.3) is 0 Å². The second-order valence-corrected chi connectivity index (χ2v) is 6.59. The zero-order valence-corrected chi connectivity index (χ0v) is 15.1. The van der Waals surface area contributed by atoms with Crippen molar-refractivity contribution >= 4 is 5.91 Å². The van der Waals surface area contributed by atoms with Crippen LogP contribution in [0.4, 0.5) is 0 Å². The van der Waals surface area contributed by atoms with E-state index in [4.69, 9.17) is 10.5 Å². The first-order chi connectivity index (χ1) is 12.7. The number of nitrogens with two attached hydrogens (primary N) is 1. The molecule has 1 amide bonds. The minimum absolute atomic E-state index is 0.0450. The number of likely N-dealkylation sites (tertiary alicyclic amines) is 1. The molecule has 2 heterocycles. The molecular formula is C20H26N4O2. The minimum Gasteiger partial charge on any atom is -0.487 e. The van der Waals surface area contributed by atoms with Crippen LogP contribution in [0.15, 0.2) is 48.7 Å². The average molecular weight is 354 g/mol.